The molecule has 0 aliphatic rings. The van der Waals surface area contributed by atoms with E-state index in [2.05, 4.69) is 13.0 Å². The first kappa shape index (κ1) is 17.0. The summed E-state index contributed by atoms with van der Waals surface area (Å²) in [5, 5.41) is 9.31. The van der Waals surface area contributed by atoms with E-state index in [1.165, 1.54) is 18.4 Å². The van der Waals surface area contributed by atoms with Crippen molar-refractivity contribution in [3.05, 3.63) is 47.3 Å². The summed E-state index contributed by atoms with van der Waals surface area (Å²) in [4.78, 5) is 0. The molecule has 1 aromatic heterocycles. The molecule has 0 fully saturated rings. The molecule has 0 amide bonds. The topological polar surface area (TPSA) is 64.0 Å². The zero-order valence-corrected chi connectivity index (χ0v) is 14.0. The summed E-state index contributed by atoms with van der Waals surface area (Å²) in [7, 11) is 0. The van der Waals surface area contributed by atoms with Crippen LogP contribution in [0.15, 0.2) is 30.3 Å². The Morgan fingerprint density at radius 3 is 2.61 bits per heavy atom. The minimum absolute atomic E-state index is 0.520. The molecule has 0 bridgehead atoms. The van der Waals surface area contributed by atoms with E-state index >= 15 is 0 Å². The summed E-state index contributed by atoms with van der Waals surface area (Å²) in [6.45, 7) is 5.38. The van der Waals surface area contributed by atoms with Gasteiger partial charge in [-0.3, -0.25) is 0 Å². The second-order valence-electron chi connectivity index (χ2n) is 5.81. The van der Waals surface area contributed by atoms with Gasteiger partial charge in [0.1, 0.15) is 24.1 Å². The molecule has 0 radical (unpaired) electrons. The SMILES string of the molecule is CCCCCc1c(N)cc(C#N)n1CCOc1ccc(C)cc1. The molecule has 0 saturated heterocycles. The van der Waals surface area contributed by atoms with Crippen molar-refractivity contribution in [2.75, 3.05) is 12.3 Å². The lowest BCUT2D eigenvalue weighted by Crippen LogP contribution is -2.13. The molecule has 23 heavy (non-hydrogen) atoms. The molecular formula is C19H25N3O. The number of benzene rings is 1. The fraction of sp³-hybridized carbons (Fsp3) is 0.421. The van der Waals surface area contributed by atoms with Gasteiger partial charge in [-0.05, 0) is 38.0 Å². The maximum Gasteiger partial charge on any atom is 0.122 e. The third-order valence-electron chi connectivity index (χ3n) is 3.98. The number of rotatable bonds is 8. The van der Waals surface area contributed by atoms with Crippen LogP contribution in [0, 0.1) is 18.3 Å². The molecule has 2 N–H and O–H groups in total. The van der Waals surface area contributed by atoms with Crippen LogP contribution in [0.3, 0.4) is 0 Å². The van der Waals surface area contributed by atoms with Crippen molar-refractivity contribution < 1.29 is 4.74 Å². The Hall–Kier alpha value is -2.41. The molecule has 2 aromatic rings. The first-order valence-corrected chi connectivity index (χ1v) is 8.23. The van der Waals surface area contributed by atoms with E-state index in [9.17, 15) is 5.26 Å². The number of hydrogen-bond acceptors (Lipinski definition) is 3. The van der Waals surface area contributed by atoms with E-state index in [0.717, 1.165) is 24.3 Å². The van der Waals surface area contributed by atoms with Crippen molar-refractivity contribution in [1.82, 2.24) is 4.57 Å². The molecule has 122 valence electrons. The minimum atomic E-state index is 0.520. The molecule has 2 rings (SSSR count). The van der Waals surface area contributed by atoms with Crippen LogP contribution in [-0.2, 0) is 13.0 Å². The first-order valence-electron chi connectivity index (χ1n) is 8.23. The zero-order valence-electron chi connectivity index (χ0n) is 14.0. The van der Waals surface area contributed by atoms with Gasteiger partial charge < -0.3 is 15.0 Å². The number of hydrogen-bond donors (Lipinski definition) is 1. The maximum atomic E-state index is 9.31. The third-order valence-corrected chi connectivity index (χ3v) is 3.98. The number of nitrogen functional groups attached to an aromatic ring is 1. The van der Waals surface area contributed by atoms with E-state index in [4.69, 9.17) is 10.5 Å². The van der Waals surface area contributed by atoms with E-state index in [1.807, 2.05) is 35.8 Å². The van der Waals surface area contributed by atoms with Crippen LogP contribution in [-0.4, -0.2) is 11.2 Å². The highest BCUT2D eigenvalue weighted by atomic mass is 16.5. The first-order chi connectivity index (χ1) is 11.2. The van der Waals surface area contributed by atoms with Crippen LogP contribution >= 0.6 is 0 Å². The summed E-state index contributed by atoms with van der Waals surface area (Å²) in [5.74, 6) is 0.849. The zero-order chi connectivity index (χ0) is 16.7. The Balaban J connectivity index is 2.02. The lowest BCUT2D eigenvalue weighted by atomic mass is 10.1. The van der Waals surface area contributed by atoms with E-state index in [0.29, 0.717) is 24.5 Å². The van der Waals surface area contributed by atoms with Crippen LogP contribution in [0.25, 0.3) is 0 Å². The van der Waals surface area contributed by atoms with Crippen molar-refractivity contribution in [2.24, 2.45) is 0 Å². The van der Waals surface area contributed by atoms with Crippen LogP contribution in [0.1, 0.15) is 43.1 Å². The Morgan fingerprint density at radius 2 is 1.96 bits per heavy atom. The molecule has 4 heteroatoms. The number of nitrogens with zero attached hydrogens (tertiary/aromatic N) is 2. The highest BCUT2D eigenvalue weighted by Gasteiger charge is 2.12. The van der Waals surface area contributed by atoms with Gasteiger partial charge in [0.05, 0.1) is 12.2 Å². The summed E-state index contributed by atoms with van der Waals surface area (Å²) < 4.78 is 7.78. The van der Waals surface area contributed by atoms with Gasteiger partial charge in [0.25, 0.3) is 0 Å². The molecule has 0 aliphatic carbocycles. The van der Waals surface area contributed by atoms with Crippen molar-refractivity contribution in [3.63, 3.8) is 0 Å². The van der Waals surface area contributed by atoms with Gasteiger partial charge in [-0.2, -0.15) is 5.26 Å². The van der Waals surface area contributed by atoms with Crippen LogP contribution in [0.2, 0.25) is 0 Å². The van der Waals surface area contributed by atoms with Crippen molar-refractivity contribution in [3.8, 4) is 11.8 Å². The van der Waals surface area contributed by atoms with Gasteiger partial charge in [-0.25, -0.2) is 0 Å². The standard InChI is InChI=1S/C19H25N3O/c1-3-4-5-6-19-18(21)13-16(14-20)22(19)11-12-23-17-9-7-15(2)8-10-17/h7-10,13H,3-6,11-12,21H2,1-2H3. The van der Waals surface area contributed by atoms with Crippen molar-refractivity contribution >= 4 is 5.69 Å². The van der Waals surface area contributed by atoms with Gasteiger partial charge in [0.15, 0.2) is 0 Å². The third kappa shape index (κ3) is 4.53. The summed E-state index contributed by atoms with van der Waals surface area (Å²) in [5.41, 5.74) is 9.68. The monoisotopic (exact) mass is 311 g/mol. The van der Waals surface area contributed by atoms with Crippen molar-refractivity contribution in [1.29, 1.82) is 5.26 Å². The molecule has 0 saturated carbocycles. The lowest BCUT2D eigenvalue weighted by molar-refractivity contribution is 0.296. The van der Waals surface area contributed by atoms with Gasteiger partial charge in [-0.15, -0.1) is 0 Å². The molecule has 4 nitrogen and oxygen atoms in total. The number of anilines is 1. The Labute approximate surface area is 138 Å². The second kappa shape index (κ2) is 8.28. The molecule has 0 atom stereocenters. The second-order valence-corrected chi connectivity index (χ2v) is 5.81. The molecule has 0 aliphatic heterocycles. The number of ether oxygens (including phenoxy) is 1. The molecule has 0 unspecified atom stereocenters. The normalized spacial score (nSPS) is 10.5. The average Bonchev–Trinajstić information content (AvgIpc) is 2.85. The minimum Gasteiger partial charge on any atom is -0.492 e. The fourth-order valence-corrected chi connectivity index (χ4v) is 2.67. The molecule has 1 heterocycles. The summed E-state index contributed by atoms with van der Waals surface area (Å²) >= 11 is 0. The molecule has 1 aromatic carbocycles. The van der Waals surface area contributed by atoms with Gasteiger partial charge in [0.2, 0.25) is 0 Å². The van der Waals surface area contributed by atoms with Crippen LogP contribution < -0.4 is 10.5 Å². The fourth-order valence-electron chi connectivity index (χ4n) is 2.67. The Morgan fingerprint density at radius 1 is 1.22 bits per heavy atom. The highest BCUT2D eigenvalue weighted by molar-refractivity contribution is 5.50. The molecular weight excluding hydrogens is 286 g/mol. The molecule has 0 spiro atoms. The number of nitrogens with two attached hydrogens (primary N) is 1. The Bertz CT molecular complexity index is 665. The summed E-state index contributed by atoms with van der Waals surface area (Å²) in [6, 6.07) is 12.0. The maximum absolute atomic E-state index is 9.31. The van der Waals surface area contributed by atoms with Crippen LogP contribution in [0.5, 0.6) is 5.75 Å². The average molecular weight is 311 g/mol. The van der Waals surface area contributed by atoms with E-state index in [1.54, 1.807) is 6.07 Å². The number of nitriles is 1. The van der Waals surface area contributed by atoms with Crippen LogP contribution in [0.4, 0.5) is 5.69 Å². The van der Waals surface area contributed by atoms with E-state index in [-0.39, 0.29) is 0 Å². The number of aromatic nitrogens is 1. The lowest BCUT2D eigenvalue weighted by Gasteiger charge is -2.12. The smallest absolute Gasteiger partial charge is 0.122 e. The van der Waals surface area contributed by atoms with Gasteiger partial charge in [0, 0.05) is 5.69 Å². The Kier molecular flexibility index (Phi) is 6.10. The highest BCUT2D eigenvalue weighted by Crippen LogP contribution is 2.21. The van der Waals surface area contributed by atoms with Crippen molar-refractivity contribution in [2.45, 2.75) is 46.1 Å². The predicted molar refractivity (Wildman–Crippen MR) is 93.5 cm³/mol. The number of unbranched alkanes of at least 4 members (excludes halogenated alkanes) is 2. The summed E-state index contributed by atoms with van der Waals surface area (Å²) in [6.07, 6.45) is 4.34. The van der Waals surface area contributed by atoms with E-state index < -0.39 is 0 Å². The number of aryl methyl sites for hydroxylation is 1. The largest absolute Gasteiger partial charge is 0.492 e. The quantitative estimate of drug-likeness (QED) is 0.748. The van der Waals surface area contributed by atoms with Gasteiger partial charge >= 0.3 is 0 Å². The predicted octanol–water partition coefficient (Wildman–Crippen LogP) is 4.06. The van der Waals surface area contributed by atoms with Gasteiger partial charge in [-0.1, -0.05) is 37.5 Å².